The van der Waals surface area contributed by atoms with Crippen LogP contribution in [0.25, 0.3) is 11.0 Å². The van der Waals surface area contributed by atoms with Gasteiger partial charge in [-0.05, 0) is 0 Å². The first-order valence-electron chi connectivity index (χ1n) is 5.51. The molecule has 0 aliphatic rings. The fourth-order valence-corrected chi connectivity index (χ4v) is 1.85. The summed E-state index contributed by atoms with van der Waals surface area (Å²) in [5, 5.41) is 4.41. The summed E-state index contributed by atoms with van der Waals surface area (Å²) in [5.74, 6) is -5.79. The molecule has 0 amide bonds. The summed E-state index contributed by atoms with van der Waals surface area (Å²) in [6.45, 7) is -0.479. The van der Waals surface area contributed by atoms with Crippen molar-refractivity contribution >= 4 is 11.0 Å². The second-order valence-electron chi connectivity index (χ2n) is 4.05. The van der Waals surface area contributed by atoms with Crippen LogP contribution < -0.4 is 0 Å². The lowest BCUT2D eigenvalue weighted by Gasteiger charge is -2.07. The van der Waals surface area contributed by atoms with Crippen molar-refractivity contribution in [2.75, 3.05) is 0 Å². The van der Waals surface area contributed by atoms with Crippen LogP contribution in [0, 0.1) is 23.3 Å². The maximum absolute atomic E-state index is 13.6. The van der Waals surface area contributed by atoms with E-state index in [2.05, 4.69) is 15.1 Å². The summed E-state index contributed by atoms with van der Waals surface area (Å²) >= 11 is 0. The molecular formula is C12H6F4N4. The molecule has 0 aliphatic carbocycles. The fraction of sp³-hybridized carbons (Fsp3) is 0.0833. The number of hydrogen-bond donors (Lipinski definition) is 0. The number of nitrogens with zero attached hydrogens (tertiary/aromatic N) is 4. The van der Waals surface area contributed by atoms with E-state index in [-0.39, 0.29) is 6.07 Å². The fourth-order valence-electron chi connectivity index (χ4n) is 1.85. The Morgan fingerprint density at radius 3 is 2.40 bits per heavy atom. The number of aromatic nitrogens is 4. The Hall–Kier alpha value is -2.51. The van der Waals surface area contributed by atoms with Crippen LogP contribution in [-0.2, 0) is 6.54 Å². The Kier molecular flexibility index (Phi) is 2.85. The molecule has 0 saturated heterocycles. The average Bonchev–Trinajstić information content (AvgIpc) is 2.85. The molecule has 2 heterocycles. The maximum atomic E-state index is 13.6. The quantitative estimate of drug-likeness (QED) is 0.535. The van der Waals surface area contributed by atoms with Gasteiger partial charge in [-0.15, -0.1) is 0 Å². The number of benzene rings is 1. The zero-order chi connectivity index (χ0) is 14.3. The van der Waals surface area contributed by atoms with Crippen molar-refractivity contribution in [2.24, 2.45) is 0 Å². The Morgan fingerprint density at radius 1 is 1.00 bits per heavy atom. The van der Waals surface area contributed by atoms with Gasteiger partial charge in [-0.2, -0.15) is 5.10 Å². The van der Waals surface area contributed by atoms with Crippen LogP contribution in [0.5, 0.6) is 0 Å². The lowest BCUT2D eigenvalue weighted by molar-refractivity contribution is 0.432. The molecule has 0 atom stereocenters. The molecule has 0 N–H and O–H groups in total. The minimum absolute atomic E-state index is 0.164. The molecule has 0 unspecified atom stereocenters. The topological polar surface area (TPSA) is 43.6 Å². The minimum Gasteiger partial charge on any atom is -0.244 e. The molecular weight excluding hydrogens is 276 g/mol. The molecule has 2 aromatic heterocycles. The van der Waals surface area contributed by atoms with Crippen LogP contribution in [0.15, 0.2) is 24.8 Å². The highest BCUT2D eigenvalue weighted by Gasteiger charge is 2.20. The maximum Gasteiger partial charge on any atom is 0.167 e. The first-order valence-corrected chi connectivity index (χ1v) is 5.51. The number of rotatable bonds is 2. The smallest absolute Gasteiger partial charge is 0.167 e. The van der Waals surface area contributed by atoms with Gasteiger partial charge in [0, 0.05) is 12.3 Å². The van der Waals surface area contributed by atoms with E-state index >= 15 is 0 Å². The van der Waals surface area contributed by atoms with Crippen molar-refractivity contribution in [3.05, 3.63) is 53.6 Å². The zero-order valence-electron chi connectivity index (χ0n) is 9.82. The highest BCUT2D eigenvalue weighted by molar-refractivity contribution is 5.72. The largest absolute Gasteiger partial charge is 0.244 e. The van der Waals surface area contributed by atoms with Gasteiger partial charge in [0.25, 0.3) is 0 Å². The predicted octanol–water partition coefficient (Wildman–Crippen LogP) is 2.43. The minimum atomic E-state index is -1.45. The SMILES string of the molecule is Fc1cc(F)c(F)c(Cn2ncc3cncnc32)c1F. The van der Waals surface area contributed by atoms with Gasteiger partial charge in [0.1, 0.15) is 6.33 Å². The first-order chi connectivity index (χ1) is 9.58. The molecule has 4 nitrogen and oxygen atoms in total. The summed E-state index contributed by atoms with van der Waals surface area (Å²) in [7, 11) is 0. The molecule has 8 heteroatoms. The molecule has 1 aromatic carbocycles. The third-order valence-electron chi connectivity index (χ3n) is 2.81. The molecule has 3 rings (SSSR count). The lowest BCUT2D eigenvalue weighted by atomic mass is 10.2. The monoisotopic (exact) mass is 282 g/mol. The van der Waals surface area contributed by atoms with Gasteiger partial charge in [0.15, 0.2) is 28.9 Å². The van der Waals surface area contributed by atoms with Crippen molar-refractivity contribution < 1.29 is 17.6 Å². The van der Waals surface area contributed by atoms with Gasteiger partial charge in [-0.1, -0.05) is 0 Å². The standard InChI is InChI=1S/C12H6F4N4/c13-8-1-9(14)11(16)7(10(8)15)4-20-12-6(3-19-20)2-17-5-18-12/h1-3,5H,4H2. The van der Waals surface area contributed by atoms with Crippen molar-refractivity contribution in [3.8, 4) is 0 Å². The summed E-state index contributed by atoms with van der Waals surface area (Å²) in [6.07, 6.45) is 4.09. The number of hydrogen-bond acceptors (Lipinski definition) is 3. The van der Waals surface area contributed by atoms with Gasteiger partial charge in [0.2, 0.25) is 0 Å². The van der Waals surface area contributed by atoms with E-state index in [4.69, 9.17) is 0 Å². The molecule has 20 heavy (non-hydrogen) atoms. The van der Waals surface area contributed by atoms with Crippen molar-refractivity contribution in [1.29, 1.82) is 0 Å². The average molecular weight is 282 g/mol. The van der Waals surface area contributed by atoms with Crippen LogP contribution in [-0.4, -0.2) is 19.7 Å². The van der Waals surface area contributed by atoms with Gasteiger partial charge < -0.3 is 0 Å². The van der Waals surface area contributed by atoms with Crippen LogP contribution in [0.4, 0.5) is 17.6 Å². The third-order valence-corrected chi connectivity index (χ3v) is 2.81. The third kappa shape index (κ3) is 1.89. The Balaban J connectivity index is 2.12. The molecule has 0 spiro atoms. The summed E-state index contributed by atoms with van der Waals surface area (Å²) in [6, 6.07) is 0.164. The predicted molar refractivity (Wildman–Crippen MR) is 60.7 cm³/mol. The van der Waals surface area contributed by atoms with E-state index in [9.17, 15) is 17.6 Å². The van der Waals surface area contributed by atoms with E-state index in [0.29, 0.717) is 11.0 Å². The van der Waals surface area contributed by atoms with Crippen molar-refractivity contribution in [3.63, 3.8) is 0 Å². The second-order valence-corrected chi connectivity index (χ2v) is 4.05. The highest BCUT2D eigenvalue weighted by atomic mass is 19.2. The summed E-state index contributed by atoms with van der Waals surface area (Å²) in [4.78, 5) is 7.66. The lowest BCUT2D eigenvalue weighted by Crippen LogP contribution is -2.10. The van der Waals surface area contributed by atoms with Crippen molar-refractivity contribution in [1.82, 2.24) is 19.7 Å². The Morgan fingerprint density at radius 2 is 1.70 bits per heavy atom. The van der Waals surface area contributed by atoms with Crippen LogP contribution >= 0.6 is 0 Å². The zero-order valence-corrected chi connectivity index (χ0v) is 9.82. The van der Waals surface area contributed by atoms with Gasteiger partial charge in [-0.3, -0.25) is 0 Å². The van der Waals surface area contributed by atoms with Gasteiger partial charge in [0.05, 0.1) is 23.7 Å². The molecule has 0 radical (unpaired) electrons. The molecule has 0 saturated carbocycles. The Labute approximate surface area is 109 Å². The van der Waals surface area contributed by atoms with E-state index in [0.717, 1.165) is 4.68 Å². The molecule has 102 valence electrons. The van der Waals surface area contributed by atoms with Gasteiger partial charge >= 0.3 is 0 Å². The number of halogens is 4. The van der Waals surface area contributed by atoms with Crippen molar-refractivity contribution in [2.45, 2.75) is 6.54 Å². The molecule has 0 fully saturated rings. The number of fused-ring (bicyclic) bond motifs is 1. The van der Waals surface area contributed by atoms with E-state index in [1.54, 1.807) is 0 Å². The highest BCUT2D eigenvalue weighted by Crippen LogP contribution is 2.21. The second kappa shape index (κ2) is 4.55. The van der Waals surface area contributed by atoms with Crippen LogP contribution in [0.1, 0.15) is 5.56 Å². The van der Waals surface area contributed by atoms with E-state index < -0.39 is 35.4 Å². The Bertz CT molecular complexity index is 773. The van der Waals surface area contributed by atoms with E-state index in [1.807, 2.05) is 0 Å². The van der Waals surface area contributed by atoms with E-state index in [1.165, 1.54) is 18.7 Å². The summed E-state index contributed by atoms with van der Waals surface area (Å²) in [5.41, 5.74) is -0.436. The first kappa shape index (κ1) is 12.5. The normalized spacial score (nSPS) is 11.2. The molecule has 0 aliphatic heterocycles. The summed E-state index contributed by atoms with van der Waals surface area (Å²) < 4.78 is 54.5. The van der Waals surface area contributed by atoms with Crippen LogP contribution in [0.2, 0.25) is 0 Å². The molecule has 0 bridgehead atoms. The molecule has 3 aromatic rings. The van der Waals surface area contributed by atoms with Gasteiger partial charge in [-0.25, -0.2) is 32.2 Å². The van der Waals surface area contributed by atoms with Crippen LogP contribution in [0.3, 0.4) is 0 Å².